The lowest BCUT2D eigenvalue weighted by molar-refractivity contribution is 0.0851. The smallest absolute Gasteiger partial charge is 0.321 e. The summed E-state index contributed by atoms with van der Waals surface area (Å²) in [7, 11) is 0. The average molecular weight is 375 g/mol. The monoisotopic (exact) mass is 374 g/mol. The molecule has 2 N–H and O–H groups in total. The van der Waals surface area contributed by atoms with Crippen molar-refractivity contribution >= 4 is 22.5 Å². The number of nitrogens with zero attached hydrogens (tertiary/aromatic N) is 2. The van der Waals surface area contributed by atoms with Gasteiger partial charge in [-0.3, -0.25) is 5.32 Å². The number of amides is 2. The lowest BCUT2D eigenvalue weighted by atomic mass is 9.98. The Hall–Kier alpha value is -1.99. The number of ether oxygens (including phenoxy) is 1. The van der Waals surface area contributed by atoms with Crippen LogP contribution in [0.5, 0.6) is 0 Å². The quantitative estimate of drug-likeness (QED) is 0.803. The largest absolute Gasteiger partial charge is 0.381 e. The molecule has 2 amide bonds. The van der Waals surface area contributed by atoms with Gasteiger partial charge in [-0.25, -0.2) is 4.79 Å². The second-order valence-corrected chi connectivity index (χ2v) is 8.02. The fraction of sp³-hybridized carbons (Fsp3) is 0.526. The molecule has 1 aliphatic rings. The van der Waals surface area contributed by atoms with E-state index >= 15 is 0 Å². The molecule has 140 valence electrons. The molecule has 7 heteroatoms. The summed E-state index contributed by atoms with van der Waals surface area (Å²) < 4.78 is 5.38. The van der Waals surface area contributed by atoms with E-state index in [0.29, 0.717) is 23.5 Å². The first-order valence-corrected chi connectivity index (χ1v) is 9.96. The Morgan fingerprint density at radius 3 is 2.69 bits per heavy atom. The second kappa shape index (κ2) is 9.09. The lowest BCUT2D eigenvalue weighted by Crippen LogP contribution is -2.28. The third-order valence-corrected chi connectivity index (χ3v) is 5.42. The molecule has 1 saturated heterocycles. The standard InChI is InChI=1S/C19H26N4O2S/c1-13(2)11-15-5-3-4-6-16(15)12-20-18(24)21-19-23-22-17(26-19)14-7-9-25-10-8-14/h3-6,13-14H,7-12H2,1-2H3,(H2,20,21,23,24). The summed E-state index contributed by atoms with van der Waals surface area (Å²) in [6.45, 7) is 6.43. The summed E-state index contributed by atoms with van der Waals surface area (Å²) in [5.41, 5.74) is 2.43. The molecule has 6 nitrogen and oxygen atoms in total. The summed E-state index contributed by atoms with van der Waals surface area (Å²) in [6, 6.07) is 7.98. The minimum Gasteiger partial charge on any atom is -0.381 e. The molecule has 1 aromatic heterocycles. The van der Waals surface area contributed by atoms with E-state index in [1.165, 1.54) is 16.9 Å². The van der Waals surface area contributed by atoms with Gasteiger partial charge in [0.2, 0.25) is 5.13 Å². The minimum atomic E-state index is -0.251. The van der Waals surface area contributed by atoms with Gasteiger partial charge in [0.25, 0.3) is 0 Å². The van der Waals surface area contributed by atoms with Crippen LogP contribution < -0.4 is 10.6 Å². The van der Waals surface area contributed by atoms with Crippen LogP contribution in [0.3, 0.4) is 0 Å². The van der Waals surface area contributed by atoms with Crippen molar-refractivity contribution in [3.8, 4) is 0 Å². The zero-order valence-corrected chi connectivity index (χ0v) is 16.1. The second-order valence-electron chi connectivity index (χ2n) is 7.01. The Kier molecular flexibility index (Phi) is 6.57. The third-order valence-electron chi connectivity index (χ3n) is 4.42. The van der Waals surface area contributed by atoms with Gasteiger partial charge < -0.3 is 10.1 Å². The first-order chi connectivity index (χ1) is 12.6. The Bertz CT molecular complexity index is 726. The number of aromatic nitrogens is 2. The number of carbonyl (C=O) groups excluding carboxylic acids is 1. The Labute approximate surface area is 158 Å². The van der Waals surface area contributed by atoms with Crippen LogP contribution in [-0.2, 0) is 17.7 Å². The van der Waals surface area contributed by atoms with Gasteiger partial charge in [0.1, 0.15) is 5.01 Å². The van der Waals surface area contributed by atoms with Crippen molar-refractivity contribution in [3.63, 3.8) is 0 Å². The number of benzene rings is 1. The maximum atomic E-state index is 12.2. The van der Waals surface area contributed by atoms with Gasteiger partial charge in [0.05, 0.1) is 0 Å². The number of anilines is 1. The summed E-state index contributed by atoms with van der Waals surface area (Å²) in [5, 5.41) is 15.6. The van der Waals surface area contributed by atoms with Crippen molar-refractivity contribution in [1.29, 1.82) is 0 Å². The Morgan fingerprint density at radius 1 is 1.23 bits per heavy atom. The van der Waals surface area contributed by atoms with Gasteiger partial charge in [0, 0.05) is 25.7 Å². The SMILES string of the molecule is CC(C)Cc1ccccc1CNC(=O)Nc1nnc(C2CCOCC2)s1. The molecular formula is C19H26N4O2S. The topological polar surface area (TPSA) is 76.1 Å². The van der Waals surface area contributed by atoms with Crippen molar-refractivity contribution < 1.29 is 9.53 Å². The van der Waals surface area contributed by atoms with Gasteiger partial charge in [-0.15, -0.1) is 10.2 Å². The number of carbonyl (C=O) groups is 1. The molecule has 26 heavy (non-hydrogen) atoms. The number of hydrogen-bond donors (Lipinski definition) is 2. The van der Waals surface area contributed by atoms with E-state index in [0.717, 1.165) is 43.0 Å². The van der Waals surface area contributed by atoms with Crippen LogP contribution in [0.2, 0.25) is 0 Å². The highest BCUT2D eigenvalue weighted by atomic mass is 32.1. The predicted molar refractivity (Wildman–Crippen MR) is 104 cm³/mol. The van der Waals surface area contributed by atoms with Crippen LogP contribution in [0.1, 0.15) is 48.7 Å². The van der Waals surface area contributed by atoms with Gasteiger partial charge in [-0.05, 0) is 36.3 Å². The summed E-state index contributed by atoms with van der Waals surface area (Å²) >= 11 is 1.45. The zero-order chi connectivity index (χ0) is 18.4. The Morgan fingerprint density at radius 2 is 1.96 bits per heavy atom. The molecule has 0 atom stereocenters. The summed E-state index contributed by atoms with van der Waals surface area (Å²) in [5.74, 6) is 0.970. The predicted octanol–water partition coefficient (Wildman–Crippen LogP) is 3.95. The average Bonchev–Trinajstić information content (AvgIpc) is 3.10. The van der Waals surface area contributed by atoms with E-state index in [9.17, 15) is 4.79 Å². The Balaban J connectivity index is 1.52. The molecule has 0 saturated carbocycles. The van der Waals surface area contributed by atoms with E-state index in [2.05, 4.69) is 46.8 Å². The van der Waals surface area contributed by atoms with E-state index in [1.54, 1.807) is 0 Å². The fourth-order valence-electron chi connectivity index (χ4n) is 3.08. The van der Waals surface area contributed by atoms with Crippen molar-refractivity contribution in [1.82, 2.24) is 15.5 Å². The van der Waals surface area contributed by atoms with Gasteiger partial charge in [-0.1, -0.05) is 49.4 Å². The lowest BCUT2D eigenvalue weighted by Gasteiger charge is -2.18. The number of urea groups is 1. The molecule has 3 rings (SSSR count). The highest BCUT2D eigenvalue weighted by Crippen LogP contribution is 2.30. The maximum Gasteiger partial charge on any atom is 0.321 e. The first-order valence-electron chi connectivity index (χ1n) is 9.14. The summed E-state index contributed by atoms with van der Waals surface area (Å²) in [6.07, 6.45) is 2.94. The number of hydrogen-bond acceptors (Lipinski definition) is 5. The fourth-order valence-corrected chi connectivity index (χ4v) is 3.99. The molecule has 0 bridgehead atoms. The maximum absolute atomic E-state index is 12.2. The minimum absolute atomic E-state index is 0.251. The molecule has 0 aliphatic carbocycles. The first kappa shape index (κ1) is 18.8. The van der Waals surface area contributed by atoms with Crippen LogP contribution in [-0.4, -0.2) is 29.4 Å². The molecular weight excluding hydrogens is 348 g/mol. The van der Waals surface area contributed by atoms with Crippen molar-refractivity contribution in [3.05, 3.63) is 40.4 Å². The molecule has 2 heterocycles. The highest BCUT2D eigenvalue weighted by Gasteiger charge is 2.20. The van der Waals surface area contributed by atoms with Crippen LogP contribution in [0.4, 0.5) is 9.93 Å². The molecule has 1 aromatic carbocycles. The third kappa shape index (κ3) is 5.25. The summed E-state index contributed by atoms with van der Waals surface area (Å²) in [4.78, 5) is 12.2. The van der Waals surface area contributed by atoms with Crippen LogP contribution in [0, 0.1) is 5.92 Å². The molecule has 2 aromatic rings. The molecule has 0 radical (unpaired) electrons. The van der Waals surface area contributed by atoms with E-state index in [4.69, 9.17) is 4.74 Å². The molecule has 0 spiro atoms. The zero-order valence-electron chi connectivity index (χ0n) is 15.3. The molecule has 0 unspecified atom stereocenters. The number of rotatable bonds is 6. The number of nitrogens with one attached hydrogen (secondary N) is 2. The normalized spacial score (nSPS) is 15.2. The van der Waals surface area contributed by atoms with Crippen molar-refractivity contribution in [2.45, 2.75) is 45.6 Å². The van der Waals surface area contributed by atoms with Gasteiger partial charge in [-0.2, -0.15) is 0 Å². The van der Waals surface area contributed by atoms with Crippen molar-refractivity contribution in [2.75, 3.05) is 18.5 Å². The van der Waals surface area contributed by atoms with Crippen molar-refractivity contribution in [2.24, 2.45) is 5.92 Å². The molecule has 1 aliphatic heterocycles. The van der Waals surface area contributed by atoms with E-state index in [1.807, 2.05) is 12.1 Å². The van der Waals surface area contributed by atoms with Crippen LogP contribution >= 0.6 is 11.3 Å². The van der Waals surface area contributed by atoms with Crippen LogP contribution in [0.25, 0.3) is 0 Å². The highest BCUT2D eigenvalue weighted by molar-refractivity contribution is 7.15. The van der Waals surface area contributed by atoms with Crippen LogP contribution in [0.15, 0.2) is 24.3 Å². The van der Waals surface area contributed by atoms with E-state index < -0.39 is 0 Å². The van der Waals surface area contributed by atoms with Gasteiger partial charge in [0.15, 0.2) is 0 Å². The molecule has 1 fully saturated rings. The van der Waals surface area contributed by atoms with E-state index in [-0.39, 0.29) is 6.03 Å². The van der Waals surface area contributed by atoms with Gasteiger partial charge >= 0.3 is 6.03 Å².